The zero-order chi connectivity index (χ0) is 17.3. The second kappa shape index (κ2) is 6.33. The lowest BCUT2D eigenvalue weighted by atomic mass is 9.82. The molecule has 0 amide bonds. The second-order valence-corrected chi connectivity index (χ2v) is 5.57. The summed E-state index contributed by atoms with van der Waals surface area (Å²) >= 11 is 0. The van der Waals surface area contributed by atoms with Crippen LogP contribution < -0.4 is 11.2 Å². The number of hydrogen-bond donors (Lipinski definition) is 4. The van der Waals surface area contributed by atoms with Gasteiger partial charge in [-0.3, -0.25) is 9.78 Å². The predicted molar refractivity (Wildman–Crippen MR) is 83.7 cm³/mol. The van der Waals surface area contributed by atoms with Crippen LogP contribution in [0.25, 0.3) is 0 Å². The molecule has 8 nitrogen and oxygen atoms in total. The van der Waals surface area contributed by atoms with Crippen molar-refractivity contribution >= 4 is 0 Å². The second-order valence-electron chi connectivity index (χ2n) is 5.57. The van der Waals surface area contributed by atoms with Crippen LogP contribution in [0.5, 0.6) is 0 Å². The molecule has 0 spiro atoms. The van der Waals surface area contributed by atoms with Crippen LogP contribution in [0.3, 0.4) is 0 Å². The van der Waals surface area contributed by atoms with Gasteiger partial charge in [-0.25, -0.2) is 4.79 Å². The SMILES string of the molecule is CO[C@@H]1[C@H](O)[C@@H](CO)O[C@@]1(c1ccccc1)c1c[nH]c(=O)[nH]c1=O. The summed E-state index contributed by atoms with van der Waals surface area (Å²) in [5, 5.41) is 20.0. The summed E-state index contributed by atoms with van der Waals surface area (Å²) in [7, 11) is 1.38. The van der Waals surface area contributed by atoms with Gasteiger partial charge in [0.25, 0.3) is 5.56 Å². The van der Waals surface area contributed by atoms with E-state index in [0.29, 0.717) is 5.56 Å². The van der Waals surface area contributed by atoms with Crippen molar-refractivity contribution in [2.75, 3.05) is 13.7 Å². The monoisotopic (exact) mass is 334 g/mol. The highest BCUT2D eigenvalue weighted by atomic mass is 16.6. The summed E-state index contributed by atoms with van der Waals surface area (Å²) in [5.74, 6) is 0. The molecule has 24 heavy (non-hydrogen) atoms. The van der Waals surface area contributed by atoms with E-state index in [4.69, 9.17) is 9.47 Å². The Morgan fingerprint density at radius 2 is 2.00 bits per heavy atom. The molecule has 2 aromatic rings. The third-order valence-electron chi connectivity index (χ3n) is 4.28. The number of H-pyrrole nitrogens is 2. The van der Waals surface area contributed by atoms with E-state index in [1.807, 2.05) is 0 Å². The molecule has 1 aromatic heterocycles. The number of methoxy groups -OCH3 is 1. The minimum Gasteiger partial charge on any atom is -0.394 e. The van der Waals surface area contributed by atoms with Crippen molar-refractivity contribution in [3.8, 4) is 0 Å². The van der Waals surface area contributed by atoms with Gasteiger partial charge in [0.1, 0.15) is 18.3 Å². The lowest BCUT2D eigenvalue weighted by Crippen LogP contribution is -2.47. The Morgan fingerprint density at radius 3 is 2.58 bits per heavy atom. The van der Waals surface area contributed by atoms with E-state index in [2.05, 4.69) is 9.97 Å². The maximum Gasteiger partial charge on any atom is 0.325 e. The van der Waals surface area contributed by atoms with Gasteiger partial charge >= 0.3 is 5.69 Å². The molecule has 8 heteroatoms. The molecule has 128 valence electrons. The molecule has 0 radical (unpaired) electrons. The summed E-state index contributed by atoms with van der Waals surface area (Å²) < 4.78 is 11.4. The van der Waals surface area contributed by atoms with Crippen molar-refractivity contribution in [1.29, 1.82) is 0 Å². The Kier molecular flexibility index (Phi) is 4.37. The molecule has 1 fully saturated rings. The van der Waals surface area contributed by atoms with Crippen molar-refractivity contribution in [2.24, 2.45) is 0 Å². The molecule has 1 aliphatic heterocycles. The molecule has 1 aliphatic rings. The average molecular weight is 334 g/mol. The summed E-state index contributed by atoms with van der Waals surface area (Å²) in [6.07, 6.45) is -1.82. The maximum absolute atomic E-state index is 12.4. The normalized spacial score (nSPS) is 29.7. The van der Waals surface area contributed by atoms with Crippen molar-refractivity contribution in [2.45, 2.75) is 23.9 Å². The molecule has 4 N–H and O–H groups in total. The molecule has 3 rings (SSSR count). The topological polar surface area (TPSA) is 125 Å². The van der Waals surface area contributed by atoms with Gasteiger partial charge in [0.2, 0.25) is 0 Å². The van der Waals surface area contributed by atoms with Crippen LogP contribution in [0, 0.1) is 0 Å². The number of aliphatic hydroxyl groups excluding tert-OH is 2. The zero-order valence-corrected chi connectivity index (χ0v) is 12.9. The van der Waals surface area contributed by atoms with Gasteiger partial charge < -0.3 is 24.7 Å². The number of nitrogens with one attached hydrogen (secondary N) is 2. The van der Waals surface area contributed by atoms with E-state index in [9.17, 15) is 19.8 Å². The van der Waals surface area contributed by atoms with E-state index in [0.717, 1.165) is 0 Å². The van der Waals surface area contributed by atoms with Crippen LogP contribution in [0.1, 0.15) is 11.1 Å². The maximum atomic E-state index is 12.4. The lowest BCUT2D eigenvalue weighted by molar-refractivity contribution is -0.0805. The van der Waals surface area contributed by atoms with E-state index in [1.54, 1.807) is 30.3 Å². The van der Waals surface area contributed by atoms with Gasteiger partial charge in [0, 0.05) is 13.3 Å². The van der Waals surface area contributed by atoms with Crippen molar-refractivity contribution in [3.05, 3.63) is 68.5 Å². The number of aromatic amines is 2. The van der Waals surface area contributed by atoms with Gasteiger partial charge in [-0.05, 0) is 5.56 Å². The van der Waals surface area contributed by atoms with Crippen molar-refractivity contribution in [1.82, 2.24) is 9.97 Å². The average Bonchev–Trinajstić information content (AvgIpc) is 2.88. The third-order valence-corrected chi connectivity index (χ3v) is 4.28. The van der Waals surface area contributed by atoms with Gasteiger partial charge in [-0.15, -0.1) is 0 Å². The Hall–Kier alpha value is -2.26. The molecule has 1 aromatic carbocycles. The van der Waals surface area contributed by atoms with Crippen molar-refractivity contribution in [3.63, 3.8) is 0 Å². The molecular weight excluding hydrogens is 316 g/mol. The number of aliphatic hydroxyl groups is 2. The number of aromatic nitrogens is 2. The summed E-state index contributed by atoms with van der Waals surface area (Å²) in [5.41, 5.74) is -2.14. The molecular formula is C16H18N2O6. The van der Waals surface area contributed by atoms with Gasteiger partial charge in [0.05, 0.1) is 12.2 Å². The smallest absolute Gasteiger partial charge is 0.325 e. The predicted octanol–water partition coefficient (Wildman–Crippen LogP) is -0.926. The van der Waals surface area contributed by atoms with Crippen LogP contribution in [0.2, 0.25) is 0 Å². The van der Waals surface area contributed by atoms with Crippen LogP contribution in [0.15, 0.2) is 46.1 Å². The summed E-state index contributed by atoms with van der Waals surface area (Å²) in [4.78, 5) is 28.3. The number of ether oxygens (including phenoxy) is 2. The Morgan fingerprint density at radius 1 is 1.29 bits per heavy atom. The van der Waals surface area contributed by atoms with Crippen LogP contribution in [-0.4, -0.2) is 52.2 Å². The minimum absolute atomic E-state index is 0.0788. The lowest BCUT2D eigenvalue weighted by Gasteiger charge is -2.34. The fourth-order valence-electron chi connectivity index (χ4n) is 3.24. The minimum atomic E-state index is -1.47. The third kappa shape index (κ3) is 2.40. The molecule has 0 bridgehead atoms. The fraction of sp³-hybridized carbons (Fsp3) is 0.375. The quantitative estimate of drug-likeness (QED) is 0.573. The van der Waals surface area contributed by atoms with E-state index < -0.39 is 41.8 Å². The highest BCUT2D eigenvalue weighted by Gasteiger charge is 2.58. The van der Waals surface area contributed by atoms with Gasteiger partial charge in [-0.2, -0.15) is 0 Å². The number of benzene rings is 1. The number of hydrogen-bond acceptors (Lipinski definition) is 6. The zero-order valence-electron chi connectivity index (χ0n) is 12.9. The fourth-order valence-corrected chi connectivity index (χ4v) is 3.24. The number of rotatable bonds is 4. The largest absolute Gasteiger partial charge is 0.394 e. The van der Waals surface area contributed by atoms with E-state index >= 15 is 0 Å². The van der Waals surface area contributed by atoms with Crippen molar-refractivity contribution < 1.29 is 19.7 Å². The molecule has 1 saturated heterocycles. The van der Waals surface area contributed by atoms with Gasteiger partial charge in [0.15, 0.2) is 5.60 Å². The molecule has 4 atom stereocenters. The summed E-state index contributed by atoms with van der Waals surface area (Å²) in [6, 6.07) is 8.76. The van der Waals surface area contributed by atoms with E-state index in [-0.39, 0.29) is 5.56 Å². The Bertz CT molecular complexity index is 817. The van der Waals surface area contributed by atoms with E-state index in [1.165, 1.54) is 13.3 Å². The van der Waals surface area contributed by atoms with Crippen LogP contribution in [0.4, 0.5) is 0 Å². The van der Waals surface area contributed by atoms with Crippen LogP contribution >= 0.6 is 0 Å². The first-order valence-electron chi connectivity index (χ1n) is 7.42. The Labute approximate surface area is 136 Å². The Balaban J connectivity index is 2.30. The van der Waals surface area contributed by atoms with Crippen LogP contribution in [-0.2, 0) is 15.1 Å². The first kappa shape index (κ1) is 16.6. The highest BCUT2D eigenvalue weighted by molar-refractivity contribution is 5.38. The standard InChI is InChI=1S/C16H18N2O6/c1-23-13-12(20)11(8-19)24-16(13,9-5-3-2-4-6-9)10-7-17-15(22)18-14(10)21/h2-7,11-13,19-20H,8H2,1H3,(H2,17,18,21,22)/t11-,12-,13-,16+/m1/s1. The molecule has 2 heterocycles. The highest BCUT2D eigenvalue weighted by Crippen LogP contribution is 2.44. The van der Waals surface area contributed by atoms with Gasteiger partial charge in [-0.1, -0.05) is 30.3 Å². The molecule has 0 unspecified atom stereocenters. The molecule has 0 aliphatic carbocycles. The summed E-state index contributed by atoms with van der Waals surface area (Å²) in [6.45, 7) is -0.448. The first-order valence-corrected chi connectivity index (χ1v) is 7.42. The molecule has 0 saturated carbocycles. The first-order chi connectivity index (χ1) is 11.5.